The van der Waals surface area contributed by atoms with Gasteiger partial charge in [-0.15, -0.1) is 0 Å². The van der Waals surface area contributed by atoms with Gasteiger partial charge in [-0.25, -0.2) is 9.18 Å². The molecule has 0 spiro atoms. The first-order valence-corrected chi connectivity index (χ1v) is 7.63. The first-order chi connectivity index (χ1) is 12.1. The van der Waals surface area contributed by atoms with Gasteiger partial charge in [-0.2, -0.15) is 19.6 Å². The number of benzene rings is 1. The molecular formula is C16H13FN6O2. The van der Waals surface area contributed by atoms with Gasteiger partial charge in [-0.1, -0.05) is 12.1 Å². The smallest absolute Gasteiger partial charge is 0.344 e. The van der Waals surface area contributed by atoms with Crippen LogP contribution in [0.4, 0.5) is 9.18 Å². The Hall–Kier alpha value is -3.49. The van der Waals surface area contributed by atoms with E-state index >= 15 is 0 Å². The zero-order valence-corrected chi connectivity index (χ0v) is 13.2. The van der Waals surface area contributed by atoms with Gasteiger partial charge in [0.1, 0.15) is 22.8 Å². The largest absolute Gasteiger partial charge is 0.345 e. The number of nitrogens with zero attached hydrogens (tertiary/aromatic N) is 4. The first-order valence-electron chi connectivity index (χ1n) is 7.63. The predicted octanol–water partition coefficient (Wildman–Crippen LogP) is 1.73. The number of hydrogen-bond donors (Lipinski definition) is 2. The van der Waals surface area contributed by atoms with Crippen molar-refractivity contribution in [2.75, 3.05) is 6.54 Å². The first kappa shape index (κ1) is 15.1. The second-order valence-electron chi connectivity index (χ2n) is 5.37. The summed E-state index contributed by atoms with van der Waals surface area (Å²) >= 11 is 0. The number of pyridine rings is 1. The lowest BCUT2D eigenvalue weighted by Crippen LogP contribution is -2.29. The van der Waals surface area contributed by atoms with E-state index in [0.717, 1.165) is 9.36 Å². The topological polar surface area (TPSA) is 97.6 Å². The molecule has 0 bridgehead atoms. The monoisotopic (exact) mass is 340 g/mol. The number of carbonyl (C=O) groups excluding carboxylic acids is 1. The number of fused-ring (bicyclic) bond motifs is 3. The molecule has 1 amide bonds. The van der Waals surface area contributed by atoms with E-state index in [0.29, 0.717) is 23.3 Å². The standard InChI is InChI=1S/C16H13FN6O2/c1-2-18-16(25)23-14-9(8-20-23)13-10(7-19-14)15(24)22(21-13)12-6-4-3-5-11(12)17/h3-8,19H,2H2,1H3,(H,18,25). The summed E-state index contributed by atoms with van der Waals surface area (Å²) in [5.74, 6) is -0.550. The highest BCUT2D eigenvalue weighted by molar-refractivity contribution is 5.95. The Morgan fingerprint density at radius 3 is 2.92 bits per heavy atom. The van der Waals surface area contributed by atoms with Gasteiger partial charge in [0.25, 0.3) is 5.56 Å². The van der Waals surface area contributed by atoms with Crippen molar-refractivity contribution in [2.45, 2.75) is 6.92 Å². The van der Waals surface area contributed by atoms with Crippen LogP contribution in [-0.4, -0.2) is 37.1 Å². The Labute approximate surface area is 140 Å². The average Bonchev–Trinajstić information content (AvgIpc) is 3.17. The van der Waals surface area contributed by atoms with Crippen LogP contribution in [0.25, 0.3) is 28.0 Å². The van der Waals surface area contributed by atoms with E-state index in [4.69, 9.17) is 0 Å². The van der Waals surface area contributed by atoms with E-state index < -0.39 is 17.4 Å². The number of halogens is 1. The molecule has 0 saturated carbocycles. The summed E-state index contributed by atoms with van der Waals surface area (Å²) in [6, 6.07) is 5.50. The molecule has 2 aromatic rings. The maximum Gasteiger partial charge on any atom is 0.344 e. The number of hydrogen-bond acceptors (Lipinski definition) is 4. The molecule has 3 heterocycles. The lowest BCUT2D eigenvalue weighted by Gasteiger charge is -2.03. The third kappa shape index (κ3) is 2.20. The Balaban J connectivity index is 1.96. The van der Waals surface area contributed by atoms with Gasteiger partial charge in [-0.05, 0) is 19.1 Å². The molecule has 126 valence electrons. The van der Waals surface area contributed by atoms with Crippen LogP contribution in [0.2, 0.25) is 0 Å². The average molecular weight is 340 g/mol. The zero-order valence-electron chi connectivity index (χ0n) is 13.2. The van der Waals surface area contributed by atoms with Gasteiger partial charge in [-0.3, -0.25) is 4.79 Å². The zero-order chi connectivity index (χ0) is 17.6. The van der Waals surface area contributed by atoms with Crippen LogP contribution >= 0.6 is 0 Å². The Kier molecular flexibility index (Phi) is 3.34. The van der Waals surface area contributed by atoms with Gasteiger partial charge in [0.15, 0.2) is 0 Å². The minimum Gasteiger partial charge on any atom is -0.345 e. The van der Waals surface area contributed by atoms with Gasteiger partial charge >= 0.3 is 6.03 Å². The number of aromatic amines is 1. The molecular weight excluding hydrogens is 327 g/mol. The molecule has 9 heteroatoms. The summed E-state index contributed by atoms with van der Waals surface area (Å²) in [4.78, 5) is 27.5. The number of para-hydroxylation sites is 1. The summed E-state index contributed by atoms with van der Waals surface area (Å²) in [5, 5.41) is 11.4. The quantitative estimate of drug-likeness (QED) is 0.581. The third-order valence-electron chi connectivity index (χ3n) is 3.86. The van der Waals surface area contributed by atoms with Crippen LogP contribution in [0, 0.1) is 5.82 Å². The van der Waals surface area contributed by atoms with Crippen LogP contribution in [0.15, 0.2) is 41.5 Å². The van der Waals surface area contributed by atoms with E-state index in [1.807, 2.05) is 0 Å². The minimum absolute atomic E-state index is 0.0629. The van der Waals surface area contributed by atoms with Crippen LogP contribution in [0.3, 0.4) is 0 Å². The van der Waals surface area contributed by atoms with Crippen molar-refractivity contribution >= 4 is 17.1 Å². The van der Waals surface area contributed by atoms with Crippen LogP contribution in [0.1, 0.15) is 6.92 Å². The molecule has 2 N–H and O–H groups in total. The van der Waals surface area contributed by atoms with Crippen LogP contribution < -0.4 is 10.9 Å². The van der Waals surface area contributed by atoms with Crippen molar-refractivity contribution in [3.63, 3.8) is 0 Å². The summed E-state index contributed by atoms with van der Waals surface area (Å²) in [6.45, 7) is 2.25. The molecule has 0 aliphatic carbocycles. The third-order valence-corrected chi connectivity index (χ3v) is 3.86. The minimum atomic E-state index is -0.550. The van der Waals surface area contributed by atoms with Crippen LogP contribution in [0.5, 0.6) is 0 Å². The van der Waals surface area contributed by atoms with E-state index in [1.165, 1.54) is 30.6 Å². The van der Waals surface area contributed by atoms with Gasteiger partial charge in [0.2, 0.25) is 0 Å². The lowest BCUT2D eigenvalue weighted by atomic mass is 10.2. The second kappa shape index (κ2) is 5.55. The predicted molar refractivity (Wildman–Crippen MR) is 88.5 cm³/mol. The Morgan fingerprint density at radius 1 is 1.36 bits per heavy atom. The van der Waals surface area contributed by atoms with Crippen molar-refractivity contribution in [2.24, 2.45) is 0 Å². The molecule has 0 unspecified atom stereocenters. The number of nitrogens with one attached hydrogen (secondary N) is 2. The highest BCUT2D eigenvalue weighted by atomic mass is 19.1. The number of amides is 1. The fourth-order valence-corrected chi connectivity index (χ4v) is 2.71. The highest BCUT2D eigenvalue weighted by Gasteiger charge is 2.23. The Morgan fingerprint density at radius 2 is 2.16 bits per heavy atom. The molecule has 0 saturated heterocycles. The fourth-order valence-electron chi connectivity index (χ4n) is 2.71. The fraction of sp³-hybridized carbons (Fsp3) is 0.125. The summed E-state index contributed by atoms with van der Waals surface area (Å²) in [6.07, 6.45) is 2.89. The second-order valence-corrected chi connectivity index (χ2v) is 5.37. The molecule has 25 heavy (non-hydrogen) atoms. The molecule has 1 aromatic carbocycles. The molecule has 0 radical (unpaired) electrons. The normalized spacial score (nSPS) is 11.3. The SMILES string of the molecule is CCNC(=O)n1ncc2c3nn(-c4ccccc4F)c(=O)c-3c[nH]c21. The van der Waals surface area contributed by atoms with E-state index in [2.05, 4.69) is 20.5 Å². The molecule has 0 atom stereocenters. The molecule has 2 aliphatic heterocycles. The Bertz CT molecular complexity index is 1130. The van der Waals surface area contributed by atoms with Crippen LogP contribution in [-0.2, 0) is 0 Å². The maximum atomic E-state index is 14.0. The molecule has 1 aromatic heterocycles. The van der Waals surface area contributed by atoms with Crippen molar-refractivity contribution in [3.8, 4) is 16.9 Å². The van der Waals surface area contributed by atoms with Gasteiger partial charge in [0.05, 0.1) is 17.1 Å². The number of carbonyl (C=O) groups is 1. The number of aromatic nitrogens is 5. The molecule has 8 nitrogen and oxygen atoms in total. The molecule has 4 rings (SSSR count). The summed E-state index contributed by atoms with van der Waals surface area (Å²) in [7, 11) is 0. The van der Waals surface area contributed by atoms with Gasteiger partial charge < -0.3 is 10.3 Å². The van der Waals surface area contributed by atoms with Crippen molar-refractivity contribution < 1.29 is 9.18 Å². The van der Waals surface area contributed by atoms with E-state index in [1.54, 1.807) is 13.0 Å². The summed E-state index contributed by atoms with van der Waals surface area (Å²) in [5.41, 5.74) is 0.636. The van der Waals surface area contributed by atoms with Crippen molar-refractivity contribution in [1.29, 1.82) is 0 Å². The highest BCUT2D eigenvalue weighted by Crippen LogP contribution is 2.26. The van der Waals surface area contributed by atoms with E-state index in [-0.39, 0.29) is 11.3 Å². The maximum absolute atomic E-state index is 14.0. The number of rotatable bonds is 2. The van der Waals surface area contributed by atoms with Crippen molar-refractivity contribution in [1.82, 2.24) is 29.9 Å². The molecule has 0 fully saturated rings. The van der Waals surface area contributed by atoms with Crippen molar-refractivity contribution in [3.05, 3.63) is 52.8 Å². The number of H-pyrrole nitrogens is 1. The lowest BCUT2D eigenvalue weighted by molar-refractivity contribution is 0.241. The summed E-state index contributed by atoms with van der Waals surface area (Å²) < 4.78 is 16.2. The van der Waals surface area contributed by atoms with Gasteiger partial charge in [0, 0.05) is 12.7 Å². The molecule has 2 aliphatic rings. The van der Waals surface area contributed by atoms with E-state index in [9.17, 15) is 14.0 Å².